The van der Waals surface area contributed by atoms with Crippen molar-refractivity contribution in [2.24, 2.45) is 11.5 Å². The van der Waals surface area contributed by atoms with E-state index in [0.29, 0.717) is 0 Å². The monoisotopic (exact) mass is 218 g/mol. The van der Waals surface area contributed by atoms with E-state index in [1.165, 1.54) is 0 Å². The van der Waals surface area contributed by atoms with Gasteiger partial charge >= 0.3 is 59.1 Å². The molecule has 0 saturated heterocycles. The molecule has 0 bridgehead atoms. The number of hydrogen-bond acceptors (Lipinski definition) is 5. The predicted octanol–water partition coefficient (Wildman–Crippen LogP) is -8.14. The smallest absolute Gasteiger partial charge is 0.759 e. The Bertz CT molecular complexity index is 167. The van der Waals surface area contributed by atoms with Gasteiger partial charge in [0, 0.05) is 10.4 Å². The van der Waals surface area contributed by atoms with E-state index in [9.17, 15) is 0 Å². The number of nitrogens with two attached hydrogens (primary N) is 2. The summed E-state index contributed by atoms with van der Waals surface area (Å²) in [6.07, 6.45) is 0. The third kappa shape index (κ3) is 434. The molecule has 0 heterocycles. The summed E-state index contributed by atoms with van der Waals surface area (Å²) < 4.78 is 34.1. The van der Waals surface area contributed by atoms with Crippen molar-refractivity contribution in [3.8, 4) is 0 Å². The molecule has 0 amide bonds. The quantitative estimate of drug-likeness (QED) is 0.178. The minimum Gasteiger partial charge on any atom is -0.759 e. The van der Waals surface area contributed by atoms with Crippen LogP contribution in [0.3, 0.4) is 0 Å². The first-order chi connectivity index (χ1) is 3.73. The Morgan fingerprint density at radius 3 is 1.18 bits per heavy atom. The topological polar surface area (TPSA) is 132 Å². The molecule has 0 saturated carbocycles. The van der Waals surface area contributed by atoms with Gasteiger partial charge in [-0.2, -0.15) is 0 Å². The average Bonchev–Trinajstić information content (AvgIpc) is 1.19. The molecule has 0 aromatic rings. The van der Waals surface area contributed by atoms with E-state index in [1.54, 1.807) is 0 Å². The number of thiocarbonyl (C=S) groups is 1. The minimum absolute atomic E-state index is 0. The molecular weight excluding hydrogens is 214 g/mol. The Morgan fingerprint density at radius 2 is 1.18 bits per heavy atom. The summed E-state index contributed by atoms with van der Waals surface area (Å²) in [5.41, 5.74) is 9.24. The molecule has 0 fully saturated rings. The van der Waals surface area contributed by atoms with Gasteiger partial charge in [0.2, 0.25) is 0 Å². The zero-order chi connectivity index (χ0) is 8.08. The molecule has 0 rings (SSSR count). The van der Waals surface area contributed by atoms with Crippen molar-refractivity contribution < 1.29 is 76.6 Å². The molecule has 56 valence electrons. The van der Waals surface area contributed by atoms with Crippen molar-refractivity contribution in [2.45, 2.75) is 0 Å². The van der Waals surface area contributed by atoms with Crippen LogP contribution < -0.4 is 70.6 Å². The normalized spacial score (nSPS) is 7.45. The Morgan fingerprint density at radius 1 is 1.18 bits per heavy atom. The van der Waals surface area contributed by atoms with Gasteiger partial charge in [0.15, 0.2) is 5.11 Å². The standard InChI is InChI=1S/CH4N2S.2Na.H2O4S/c2-1(3)4;;;1-5(2,3)4/h(H4,2,3,4);;;(H2,1,2,3,4)/q;2*+1;/p-2. The van der Waals surface area contributed by atoms with E-state index < -0.39 is 10.4 Å². The van der Waals surface area contributed by atoms with Gasteiger partial charge < -0.3 is 20.6 Å². The molecule has 6 nitrogen and oxygen atoms in total. The van der Waals surface area contributed by atoms with Crippen molar-refractivity contribution in [1.82, 2.24) is 0 Å². The Kier molecular flexibility index (Phi) is 24.1. The van der Waals surface area contributed by atoms with Crippen molar-refractivity contribution in [1.29, 1.82) is 0 Å². The van der Waals surface area contributed by atoms with Crippen LogP contribution in [-0.2, 0) is 10.4 Å². The molecule has 0 unspecified atom stereocenters. The second-order valence-electron chi connectivity index (χ2n) is 0.811. The fraction of sp³-hybridized carbons (Fsp3) is 0. The van der Waals surface area contributed by atoms with Crippen molar-refractivity contribution in [2.75, 3.05) is 0 Å². The van der Waals surface area contributed by atoms with Gasteiger partial charge in [-0.25, -0.2) is 0 Å². The first kappa shape index (κ1) is 22.9. The Balaban J connectivity index is -0.0000000383. The maximum Gasteiger partial charge on any atom is 1.00 e. The zero-order valence-corrected chi connectivity index (χ0v) is 11.7. The molecule has 0 radical (unpaired) electrons. The summed E-state index contributed by atoms with van der Waals surface area (Å²) >= 11 is 4.09. The summed E-state index contributed by atoms with van der Waals surface area (Å²) in [6, 6.07) is 0. The Labute approximate surface area is 114 Å². The summed E-state index contributed by atoms with van der Waals surface area (Å²) in [5, 5.41) is 0.000000000000000222. The van der Waals surface area contributed by atoms with Gasteiger partial charge in [0.25, 0.3) is 0 Å². The molecule has 0 atom stereocenters. The Hall–Kier alpha value is 1.56. The van der Waals surface area contributed by atoms with Crippen LogP contribution in [-0.4, -0.2) is 22.6 Å². The van der Waals surface area contributed by atoms with Gasteiger partial charge in [-0.1, -0.05) is 0 Å². The van der Waals surface area contributed by atoms with Gasteiger partial charge in [0.1, 0.15) is 0 Å². The number of rotatable bonds is 0. The van der Waals surface area contributed by atoms with Gasteiger partial charge in [-0.05, 0) is 12.2 Å². The fourth-order valence-corrected chi connectivity index (χ4v) is 0. The first-order valence-electron chi connectivity index (χ1n) is 1.45. The van der Waals surface area contributed by atoms with E-state index in [-0.39, 0.29) is 64.2 Å². The van der Waals surface area contributed by atoms with Gasteiger partial charge in [-0.3, -0.25) is 8.42 Å². The first-order valence-corrected chi connectivity index (χ1v) is 3.19. The van der Waals surface area contributed by atoms with Gasteiger partial charge in [-0.15, -0.1) is 0 Å². The second-order valence-corrected chi connectivity index (χ2v) is 2.10. The largest absolute Gasteiger partial charge is 1.00 e. The van der Waals surface area contributed by atoms with Crippen LogP contribution in [0.4, 0.5) is 0 Å². The van der Waals surface area contributed by atoms with Crippen LogP contribution >= 0.6 is 12.2 Å². The van der Waals surface area contributed by atoms with E-state index in [1.807, 2.05) is 0 Å². The van der Waals surface area contributed by atoms with Crippen LogP contribution in [0.1, 0.15) is 0 Å². The SMILES string of the molecule is NC(N)=S.O=S(=O)([O-])[O-].[Na+].[Na+]. The molecule has 10 heteroatoms. The maximum absolute atomic E-state index is 8.52. The van der Waals surface area contributed by atoms with Crippen LogP contribution in [0.15, 0.2) is 0 Å². The van der Waals surface area contributed by atoms with E-state index in [2.05, 4.69) is 23.7 Å². The van der Waals surface area contributed by atoms with Crippen molar-refractivity contribution >= 4 is 27.7 Å². The van der Waals surface area contributed by atoms with Crippen LogP contribution in [0, 0.1) is 0 Å². The van der Waals surface area contributed by atoms with Crippen LogP contribution in [0.2, 0.25) is 0 Å². The molecule has 0 aliphatic rings. The summed E-state index contributed by atoms with van der Waals surface area (Å²) in [6.45, 7) is 0. The van der Waals surface area contributed by atoms with E-state index in [0.717, 1.165) is 0 Å². The van der Waals surface area contributed by atoms with Gasteiger partial charge in [0.05, 0.1) is 0 Å². The van der Waals surface area contributed by atoms with Crippen molar-refractivity contribution in [3.05, 3.63) is 0 Å². The summed E-state index contributed by atoms with van der Waals surface area (Å²) in [5.74, 6) is 0. The molecule has 0 aliphatic carbocycles. The van der Waals surface area contributed by atoms with Crippen LogP contribution in [0.5, 0.6) is 0 Å². The molecule has 0 aromatic carbocycles. The third-order valence-electron chi connectivity index (χ3n) is 0. The maximum atomic E-state index is 8.52. The predicted molar refractivity (Wildman–Crippen MR) is 31.4 cm³/mol. The molecule has 0 aromatic heterocycles. The summed E-state index contributed by atoms with van der Waals surface area (Å²) in [4.78, 5) is 0. The summed E-state index contributed by atoms with van der Waals surface area (Å²) in [7, 11) is -5.17. The molecule has 11 heavy (non-hydrogen) atoms. The molecular formula is CH4N2Na2O4S2. The zero-order valence-electron chi connectivity index (χ0n) is 6.10. The molecule has 0 aliphatic heterocycles. The fourth-order valence-electron chi connectivity index (χ4n) is 0. The van der Waals surface area contributed by atoms with E-state index >= 15 is 0 Å². The minimum atomic E-state index is -5.17. The average molecular weight is 218 g/mol. The second kappa shape index (κ2) is 11.6. The number of hydrogen-bond donors (Lipinski definition) is 2. The van der Waals surface area contributed by atoms with Crippen molar-refractivity contribution in [3.63, 3.8) is 0 Å². The van der Waals surface area contributed by atoms with E-state index in [4.69, 9.17) is 17.5 Å². The third-order valence-corrected chi connectivity index (χ3v) is 0. The molecule has 0 spiro atoms. The van der Waals surface area contributed by atoms with Crippen LogP contribution in [0.25, 0.3) is 0 Å². The molecule has 4 N–H and O–H groups in total.